The Bertz CT molecular complexity index is 400. The van der Waals surface area contributed by atoms with Crippen molar-refractivity contribution in [1.82, 2.24) is 0 Å². The summed E-state index contributed by atoms with van der Waals surface area (Å²) in [4.78, 5) is 0. The summed E-state index contributed by atoms with van der Waals surface area (Å²) in [5.41, 5.74) is -1.42. The second-order valence-electron chi connectivity index (χ2n) is 2.61. The fourth-order valence-electron chi connectivity index (χ4n) is 0.963. The quantitative estimate of drug-likeness (QED) is 0.349. The Labute approximate surface area is 87.3 Å². The highest BCUT2D eigenvalue weighted by Gasteiger charge is 2.34. The molecular formula is C8H5ClF4N2. The molecule has 0 unspecified atom stereocenters. The lowest BCUT2D eigenvalue weighted by Crippen LogP contribution is -2.08. The van der Waals surface area contributed by atoms with Crippen molar-refractivity contribution in [2.45, 2.75) is 6.18 Å². The Morgan fingerprint density at radius 2 is 1.93 bits per heavy atom. The summed E-state index contributed by atoms with van der Waals surface area (Å²) < 4.78 is 49.9. The highest BCUT2D eigenvalue weighted by Crippen LogP contribution is 2.36. The first kappa shape index (κ1) is 11.8. The largest absolute Gasteiger partial charge is 0.417 e. The van der Waals surface area contributed by atoms with Crippen LogP contribution < -0.4 is 5.84 Å². The van der Waals surface area contributed by atoms with Crippen LogP contribution in [0.2, 0.25) is 5.02 Å². The summed E-state index contributed by atoms with van der Waals surface area (Å²) in [6.07, 6.45) is -3.81. The van der Waals surface area contributed by atoms with E-state index in [1.165, 1.54) is 0 Å². The van der Waals surface area contributed by atoms with Gasteiger partial charge in [-0.3, -0.25) is 0 Å². The zero-order valence-corrected chi connectivity index (χ0v) is 7.90. The normalized spacial score (nSPS) is 12.3. The highest BCUT2D eigenvalue weighted by atomic mass is 35.5. The topological polar surface area (TPSA) is 38.4 Å². The number of alkyl halides is 3. The molecule has 0 fully saturated rings. The van der Waals surface area contributed by atoms with Gasteiger partial charge in [-0.1, -0.05) is 11.6 Å². The van der Waals surface area contributed by atoms with E-state index in [1.807, 2.05) is 0 Å². The molecule has 0 aromatic heterocycles. The average molecular weight is 241 g/mol. The first-order valence-corrected chi connectivity index (χ1v) is 4.04. The van der Waals surface area contributed by atoms with E-state index in [0.29, 0.717) is 6.07 Å². The van der Waals surface area contributed by atoms with E-state index in [0.717, 1.165) is 12.3 Å². The third kappa shape index (κ3) is 2.38. The Kier molecular flexibility index (Phi) is 3.18. The number of rotatable bonds is 1. The first-order valence-electron chi connectivity index (χ1n) is 3.66. The lowest BCUT2D eigenvalue weighted by molar-refractivity contribution is -0.137. The van der Waals surface area contributed by atoms with Crippen molar-refractivity contribution in [3.8, 4) is 0 Å². The fraction of sp³-hybridized carbons (Fsp3) is 0.125. The van der Waals surface area contributed by atoms with Crippen LogP contribution >= 0.6 is 11.6 Å². The van der Waals surface area contributed by atoms with Crippen LogP contribution in [0, 0.1) is 5.82 Å². The number of halogens is 5. The molecule has 0 saturated carbocycles. The molecule has 0 heterocycles. The molecule has 15 heavy (non-hydrogen) atoms. The Balaban J connectivity index is 3.34. The summed E-state index contributed by atoms with van der Waals surface area (Å²) in [6.45, 7) is 0. The molecule has 0 spiro atoms. The highest BCUT2D eigenvalue weighted by molar-refractivity contribution is 6.31. The second kappa shape index (κ2) is 4.06. The number of nitrogens with two attached hydrogens (primary N) is 1. The molecule has 0 bridgehead atoms. The van der Waals surface area contributed by atoms with Crippen LogP contribution in [0.25, 0.3) is 0 Å². The van der Waals surface area contributed by atoms with E-state index in [9.17, 15) is 17.6 Å². The molecule has 2 N–H and O–H groups in total. The standard InChI is InChI=1S/C8H5ClF4N2/c9-6-5(8(11,12)13)2-1-4(3-15-14)7(6)10/h1-3H,14H2. The van der Waals surface area contributed by atoms with Gasteiger partial charge in [0, 0.05) is 5.56 Å². The molecule has 0 aliphatic heterocycles. The molecule has 0 saturated heterocycles. The first-order chi connectivity index (χ1) is 6.88. The van der Waals surface area contributed by atoms with E-state index in [4.69, 9.17) is 17.4 Å². The van der Waals surface area contributed by atoms with Gasteiger partial charge in [-0.15, -0.1) is 0 Å². The maximum atomic E-state index is 13.2. The minimum atomic E-state index is -4.68. The van der Waals surface area contributed by atoms with Gasteiger partial charge in [0.1, 0.15) is 0 Å². The van der Waals surface area contributed by atoms with Gasteiger partial charge in [0.2, 0.25) is 0 Å². The smallest absolute Gasteiger partial charge is 0.323 e. The lowest BCUT2D eigenvalue weighted by atomic mass is 10.1. The van der Waals surface area contributed by atoms with Gasteiger partial charge < -0.3 is 5.84 Å². The molecule has 0 radical (unpaired) electrons. The second-order valence-corrected chi connectivity index (χ2v) is 2.98. The monoisotopic (exact) mass is 240 g/mol. The van der Waals surface area contributed by atoms with Crippen LogP contribution in [0.15, 0.2) is 17.2 Å². The lowest BCUT2D eigenvalue weighted by Gasteiger charge is -2.10. The molecule has 0 amide bonds. The predicted octanol–water partition coefficient (Wildman–Crippen LogP) is 2.79. The van der Waals surface area contributed by atoms with E-state index >= 15 is 0 Å². The summed E-state index contributed by atoms with van der Waals surface area (Å²) in [7, 11) is 0. The van der Waals surface area contributed by atoms with Crippen molar-refractivity contribution < 1.29 is 17.6 Å². The SMILES string of the molecule is NN=Cc1ccc(C(F)(F)F)c(Cl)c1F. The van der Waals surface area contributed by atoms with Crippen LogP contribution in [0.5, 0.6) is 0 Å². The molecule has 1 aromatic carbocycles. The van der Waals surface area contributed by atoms with E-state index in [2.05, 4.69) is 5.10 Å². The van der Waals surface area contributed by atoms with Crippen molar-refractivity contribution in [2.24, 2.45) is 10.9 Å². The van der Waals surface area contributed by atoms with Crippen molar-refractivity contribution in [3.63, 3.8) is 0 Å². The third-order valence-corrected chi connectivity index (χ3v) is 2.00. The van der Waals surface area contributed by atoms with Gasteiger partial charge in [0.25, 0.3) is 0 Å². The molecular weight excluding hydrogens is 236 g/mol. The molecule has 7 heteroatoms. The summed E-state index contributed by atoms with van der Waals surface area (Å²) in [5, 5.41) is 2.01. The van der Waals surface area contributed by atoms with Gasteiger partial charge >= 0.3 is 6.18 Å². The molecule has 0 aliphatic carbocycles. The van der Waals surface area contributed by atoms with Crippen molar-refractivity contribution in [1.29, 1.82) is 0 Å². The Morgan fingerprint density at radius 1 is 1.33 bits per heavy atom. The third-order valence-electron chi connectivity index (χ3n) is 1.63. The Morgan fingerprint density at radius 3 is 2.40 bits per heavy atom. The maximum Gasteiger partial charge on any atom is 0.417 e. The van der Waals surface area contributed by atoms with E-state index in [1.54, 1.807) is 0 Å². The van der Waals surface area contributed by atoms with Crippen LogP contribution in [0.3, 0.4) is 0 Å². The van der Waals surface area contributed by atoms with Crippen LogP contribution in [-0.4, -0.2) is 6.21 Å². The molecule has 0 aliphatic rings. The Hall–Kier alpha value is -1.30. The predicted molar refractivity (Wildman–Crippen MR) is 48.2 cm³/mol. The van der Waals surface area contributed by atoms with E-state index < -0.39 is 22.6 Å². The van der Waals surface area contributed by atoms with Crippen molar-refractivity contribution in [3.05, 3.63) is 34.1 Å². The fourth-order valence-corrected chi connectivity index (χ4v) is 1.24. The van der Waals surface area contributed by atoms with E-state index in [-0.39, 0.29) is 5.56 Å². The number of hydrogen-bond donors (Lipinski definition) is 1. The zero-order valence-electron chi connectivity index (χ0n) is 7.15. The number of hydrazone groups is 1. The molecule has 0 atom stereocenters. The van der Waals surface area contributed by atoms with Gasteiger partial charge in [0.05, 0.1) is 16.8 Å². The maximum absolute atomic E-state index is 13.2. The average Bonchev–Trinajstić information content (AvgIpc) is 2.11. The van der Waals surface area contributed by atoms with Crippen molar-refractivity contribution in [2.75, 3.05) is 0 Å². The van der Waals surface area contributed by atoms with Crippen LogP contribution in [-0.2, 0) is 6.18 Å². The molecule has 1 rings (SSSR count). The molecule has 1 aromatic rings. The minimum absolute atomic E-state index is 0.199. The van der Waals surface area contributed by atoms with Gasteiger partial charge in [-0.25, -0.2) is 4.39 Å². The summed E-state index contributed by atoms with van der Waals surface area (Å²) in [5.74, 6) is 3.55. The van der Waals surface area contributed by atoms with Crippen LogP contribution in [0.1, 0.15) is 11.1 Å². The van der Waals surface area contributed by atoms with Crippen molar-refractivity contribution >= 4 is 17.8 Å². The number of nitrogens with zero attached hydrogens (tertiary/aromatic N) is 1. The number of benzene rings is 1. The molecule has 82 valence electrons. The molecule has 2 nitrogen and oxygen atoms in total. The van der Waals surface area contributed by atoms with Gasteiger partial charge in [-0.2, -0.15) is 18.3 Å². The zero-order chi connectivity index (χ0) is 11.6. The number of hydrogen-bond acceptors (Lipinski definition) is 2. The minimum Gasteiger partial charge on any atom is -0.323 e. The van der Waals surface area contributed by atoms with Crippen LogP contribution in [0.4, 0.5) is 17.6 Å². The summed E-state index contributed by atoms with van der Waals surface area (Å²) in [6, 6.07) is 1.57. The van der Waals surface area contributed by atoms with Gasteiger partial charge in [0.15, 0.2) is 5.82 Å². The summed E-state index contributed by atoms with van der Waals surface area (Å²) >= 11 is 5.22. The van der Waals surface area contributed by atoms with Gasteiger partial charge in [-0.05, 0) is 12.1 Å².